The number of nitrogens with zero attached hydrogens (tertiary/aromatic N) is 2. The molecule has 7 heteroatoms. The number of aliphatic imine (C=N–C) groups is 1. The summed E-state index contributed by atoms with van der Waals surface area (Å²) >= 11 is 0. The number of primary sulfonamides is 1. The molecule has 0 aliphatic carbocycles. The minimum atomic E-state index is -3.45. The number of guanidine groups is 1. The van der Waals surface area contributed by atoms with Crippen molar-refractivity contribution in [3.63, 3.8) is 0 Å². The largest absolute Gasteiger partial charge is 0.357 e. The zero-order valence-corrected chi connectivity index (χ0v) is 13.5. The topological polar surface area (TPSA) is 87.8 Å². The molecule has 0 aromatic heterocycles. The van der Waals surface area contributed by atoms with Gasteiger partial charge < -0.3 is 10.2 Å². The molecule has 0 rings (SSSR count). The molecule has 0 atom stereocenters. The highest BCUT2D eigenvalue weighted by Crippen LogP contribution is 2.01. The van der Waals surface area contributed by atoms with Crippen molar-refractivity contribution in [3.8, 4) is 0 Å². The number of rotatable bonds is 10. The van der Waals surface area contributed by atoms with E-state index >= 15 is 0 Å². The van der Waals surface area contributed by atoms with Crippen LogP contribution in [-0.4, -0.2) is 51.7 Å². The Labute approximate surface area is 123 Å². The molecule has 118 valence electrons. The van der Waals surface area contributed by atoms with Crippen LogP contribution >= 0.6 is 0 Å². The smallest absolute Gasteiger partial charge is 0.210 e. The van der Waals surface area contributed by atoms with E-state index in [0.717, 1.165) is 44.7 Å². The number of unbranched alkanes of at least 4 members (excludes halogenated alkanes) is 3. The fourth-order valence-corrected chi connectivity index (χ4v) is 2.01. The van der Waals surface area contributed by atoms with Crippen molar-refractivity contribution >= 4 is 16.0 Å². The van der Waals surface area contributed by atoms with Gasteiger partial charge in [0.2, 0.25) is 10.0 Å². The van der Waals surface area contributed by atoms with Gasteiger partial charge in [0.1, 0.15) is 0 Å². The minimum Gasteiger partial charge on any atom is -0.357 e. The summed E-state index contributed by atoms with van der Waals surface area (Å²) in [6.07, 6.45) is 6.35. The van der Waals surface area contributed by atoms with Gasteiger partial charge in [0.15, 0.2) is 5.96 Å². The van der Waals surface area contributed by atoms with E-state index in [4.69, 9.17) is 5.14 Å². The molecule has 3 N–H and O–H groups in total. The standard InChI is InChI=1S/C13H28N4O2S/c1-4-6-7-8-9-11-17(3)13(15-5-2)16-10-12-20(14,18)19/h4H,1,5-12H2,2-3H3,(H,15,16)(H2,14,18,19). The Morgan fingerprint density at radius 1 is 1.40 bits per heavy atom. The Bertz CT molecular complexity index is 393. The minimum absolute atomic E-state index is 0.130. The average Bonchev–Trinajstić information content (AvgIpc) is 2.36. The monoisotopic (exact) mass is 304 g/mol. The van der Waals surface area contributed by atoms with Crippen LogP contribution < -0.4 is 10.5 Å². The van der Waals surface area contributed by atoms with Crippen molar-refractivity contribution in [1.82, 2.24) is 10.2 Å². The second-order valence-electron chi connectivity index (χ2n) is 4.66. The fraction of sp³-hybridized carbons (Fsp3) is 0.769. The van der Waals surface area contributed by atoms with Crippen molar-refractivity contribution < 1.29 is 8.42 Å². The van der Waals surface area contributed by atoms with Crippen LogP contribution in [0.15, 0.2) is 17.6 Å². The molecular formula is C13H28N4O2S. The van der Waals surface area contributed by atoms with E-state index in [-0.39, 0.29) is 12.3 Å². The highest BCUT2D eigenvalue weighted by molar-refractivity contribution is 7.89. The molecule has 0 aliphatic heterocycles. The van der Waals surface area contributed by atoms with Crippen LogP contribution in [0.3, 0.4) is 0 Å². The van der Waals surface area contributed by atoms with Gasteiger partial charge in [-0.15, -0.1) is 6.58 Å². The molecule has 0 fully saturated rings. The third-order valence-electron chi connectivity index (χ3n) is 2.74. The normalized spacial score (nSPS) is 12.2. The Hall–Kier alpha value is -1.08. The molecule has 20 heavy (non-hydrogen) atoms. The highest BCUT2D eigenvalue weighted by Gasteiger charge is 2.06. The second kappa shape index (κ2) is 10.7. The first-order chi connectivity index (χ1) is 9.40. The number of nitrogens with one attached hydrogen (secondary N) is 1. The molecule has 0 spiro atoms. The fourth-order valence-electron chi connectivity index (χ4n) is 1.67. The molecule has 0 amide bonds. The molecule has 0 unspecified atom stereocenters. The molecule has 0 saturated carbocycles. The lowest BCUT2D eigenvalue weighted by Crippen LogP contribution is -2.39. The predicted octanol–water partition coefficient (Wildman–Crippen LogP) is 0.919. The van der Waals surface area contributed by atoms with Gasteiger partial charge >= 0.3 is 0 Å². The molecule has 0 bridgehead atoms. The van der Waals surface area contributed by atoms with Gasteiger partial charge in [-0.3, -0.25) is 4.99 Å². The van der Waals surface area contributed by atoms with Gasteiger partial charge in [-0.25, -0.2) is 13.6 Å². The summed E-state index contributed by atoms with van der Waals surface area (Å²) in [7, 11) is -1.50. The van der Waals surface area contributed by atoms with E-state index in [1.807, 2.05) is 24.9 Å². The van der Waals surface area contributed by atoms with Crippen LogP contribution in [0.1, 0.15) is 32.6 Å². The van der Waals surface area contributed by atoms with E-state index in [9.17, 15) is 8.42 Å². The van der Waals surface area contributed by atoms with E-state index in [1.165, 1.54) is 0 Å². The number of hydrogen-bond donors (Lipinski definition) is 2. The Morgan fingerprint density at radius 2 is 2.10 bits per heavy atom. The number of allylic oxidation sites excluding steroid dienone is 1. The van der Waals surface area contributed by atoms with Crippen molar-refractivity contribution in [2.75, 3.05) is 32.4 Å². The predicted molar refractivity (Wildman–Crippen MR) is 85.2 cm³/mol. The first-order valence-corrected chi connectivity index (χ1v) is 8.73. The molecule has 0 aliphatic rings. The van der Waals surface area contributed by atoms with Gasteiger partial charge in [-0.05, 0) is 26.2 Å². The van der Waals surface area contributed by atoms with Gasteiger partial charge in [0, 0.05) is 20.1 Å². The SMILES string of the molecule is C=CCCCCCN(C)C(=NCCS(N)(=O)=O)NCC. The zero-order chi connectivity index (χ0) is 15.4. The van der Waals surface area contributed by atoms with Gasteiger partial charge in [0.05, 0.1) is 12.3 Å². The lowest BCUT2D eigenvalue weighted by molar-refractivity contribution is 0.456. The third kappa shape index (κ3) is 10.8. The summed E-state index contributed by atoms with van der Waals surface area (Å²) in [5.41, 5.74) is 0. The van der Waals surface area contributed by atoms with E-state index in [2.05, 4.69) is 16.9 Å². The number of nitrogens with two attached hydrogens (primary N) is 1. The molecular weight excluding hydrogens is 276 g/mol. The van der Waals surface area contributed by atoms with Crippen LogP contribution in [0.25, 0.3) is 0 Å². The summed E-state index contributed by atoms with van der Waals surface area (Å²) in [5, 5.41) is 8.10. The maximum absolute atomic E-state index is 10.9. The zero-order valence-electron chi connectivity index (χ0n) is 12.6. The molecule has 0 radical (unpaired) electrons. The van der Waals surface area contributed by atoms with Crippen LogP contribution in [-0.2, 0) is 10.0 Å². The lowest BCUT2D eigenvalue weighted by Gasteiger charge is -2.22. The Kier molecular flexibility index (Phi) is 10.1. The maximum atomic E-state index is 10.9. The maximum Gasteiger partial charge on any atom is 0.210 e. The van der Waals surface area contributed by atoms with E-state index in [1.54, 1.807) is 0 Å². The summed E-state index contributed by atoms with van der Waals surface area (Å²) in [5.74, 6) is 0.592. The lowest BCUT2D eigenvalue weighted by atomic mass is 10.2. The van der Waals surface area contributed by atoms with Gasteiger partial charge in [-0.2, -0.15) is 0 Å². The Balaban J connectivity index is 4.20. The quantitative estimate of drug-likeness (QED) is 0.272. The average molecular weight is 304 g/mol. The van der Waals surface area contributed by atoms with Crippen LogP contribution in [0.4, 0.5) is 0 Å². The van der Waals surface area contributed by atoms with Crippen LogP contribution in [0, 0.1) is 0 Å². The van der Waals surface area contributed by atoms with Crippen LogP contribution in [0.5, 0.6) is 0 Å². The van der Waals surface area contributed by atoms with E-state index < -0.39 is 10.0 Å². The Morgan fingerprint density at radius 3 is 2.65 bits per heavy atom. The number of sulfonamides is 1. The van der Waals surface area contributed by atoms with Crippen molar-refractivity contribution in [3.05, 3.63) is 12.7 Å². The summed E-state index contributed by atoms with van der Waals surface area (Å²) < 4.78 is 21.8. The van der Waals surface area contributed by atoms with E-state index in [0.29, 0.717) is 0 Å². The number of hydrogen-bond acceptors (Lipinski definition) is 3. The van der Waals surface area contributed by atoms with Crippen molar-refractivity contribution in [1.29, 1.82) is 0 Å². The summed E-state index contributed by atoms with van der Waals surface area (Å²) in [4.78, 5) is 6.28. The molecule has 0 saturated heterocycles. The summed E-state index contributed by atoms with van der Waals surface area (Å²) in [6, 6.07) is 0. The molecule has 0 aromatic rings. The first kappa shape index (κ1) is 18.9. The third-order valence-corrected chi connectivity index (χ3v) is 3.49. The molecule has 0 aromatic carbocycles. The van der Waals surface area contributed by atoms with Crippen LogP contribution in [0.2, 0.25) is 0 Å². The van der Waals surface area contributed by atoms with Gasteiger partial charge in [-0.1, -0.05) is 12.5 Å². The first-order valence-electron chi connectivity index (χ1n) is 7.01. The van der Waals surface area contributed by atoms with Crippen molar-refractivity contribution in [2.24, 2.45) is 10.1 Å². The highest BCUT2D eigenvalue weighted by atomic mass is 32.2. The summed E-state index contributed by atoms with van der Waals surface area (Å²) in [6.45, 7) is 7.49. The van der Waals surface area contributed by atoms with Crippen molar-refractivity contribution in [2.45, 2.75) is 32.6 Å². The second-order valence-corrected chi connectivity index (χ2v) is 6.40. The molecule has 6 nitrogen and oxygen atoms in total. The molecule has 0 heterocycles. The van der Waals surface area contributed by atoms with Gasteiger partial charge in [0.25, 0.3) is 0 Å².